The van der Waals surface area contributed by atoms with E-state index in [2.05, 4.69) is 15.5 Å². The molecule has 0 radical (unpaired) electrons. The number of anilines is 1. The molecule has 0 saturated carbocycles. The lowest BCUT2D eigenvalue weighted by atomic mass is 10.2. The SMILES string of the molecule is CC(N)c1nnc(NC(=O)c2ccccc2Cl)s1. The summed E-state index contributed by atoms with van der Waals surface area (Å²) in [5.74, 6) is -0.312. The van der Waals surface area contributed by atoms with Crippen molar-refractivity contribution in [3.63, 3.8) is 0 Å². The first-order valence-electron chi connectivity index (χ1n) is 5.23. The molecular formula is C11H11ClN4OS. The average Bonchev–Trinajstić information content (AvgIpc) is 2.78. The maximum atomic E-state index is 11.9. The van der Waals surface area contributed by atoms with Gasteiger partial charge >= 0.3 is 0 Å². The standard InChI is InChI=1S/C11H11ClN4OS/c1-6(13)10-15-16-11(18-10)14-9(17)7-4-2-3-5-8(7)12/h2-6H,13H2,1H3,(H,14,16,17). The Kier molecular flexibility index (Phi) is 3.90. The second kappa shape index (κ2) is 5.43. The third-order valence-corrected chi connectivity index (χ3v) is 3.54. The van der Waals surface area contributed by atoms with Gasteiger partial charge in [0.05, 0.1) is 16.6 Å². The zero-order chi connectivity index (χ0) is 13.1. The lowest BCUT2D eigenvalue weighted by Gasteiger charge is -2.02. The second-order valence-electron chi connectivity index (χ2n) is 3.67. The molecule has 1 aromatic carbocycles. The Bertz CT molecular complexity index is 570. The van der Waals surface area contributed by atoms with Crippen LogP contribution in [0.3, 0.4) is 0 Å². The second-order valence-corrected chi connectivity index (χ2v) is 5.08. The summed E-state index contributed by atoms with van der Waals surface area (Å²) in [4.78, 5) is 11.9. The molecule has 0 saturated heterocycles. The normalized spacial score (nSPS) is 12.2. The first-order valence-corrected chi connectivity index (χ1v) is 6.42. The highest BCUT2D eigenvalue weighted by Gasteiger charge is 2.13. The lowest BCUT2D eigenvalue weighted by molar-refractivity contribution is 0.102. The molecule has 1 unspecified atom stereocenters. The van der Waals surface area contributed by atoms with Gasteiger partial charge in [-0.3, -0.25) is 10.1 Å². The van der Waals surface area contributed by atoms with Gasteiger partial charge in [0, 0.05) is 0 Å². The highest BCUT2D eigenvalue weighted by molar-refractivity contribution is 7.15. The molecule has 18 heavy (non-hydrogen) atoms. The number of carbonyl (C=O) groups is 1. The Hall–Kier alpha value is -1.50. The fraction of sp³-hybridized carbons (Fsp3) is 0.182. The Morgan fingerprint density at radius 3 is 2.78 bits per heavy atom. The van der Waals surface area contributed by atoms with E-state index < -0.39 is 0 Å². The monoisotopic (exact) mass is 282 g/mol. The van der Waals surface area contributed by atoms with E-state index in [-0.39, 0.29) is 11.9 Å². The maximum Gasteiger partial charge on any atom is 0.259 e. The number of nitrogens with zero attached hydrogens (tertiary/aromatic N) is 2. The Morgan fingerprint density at radius 1 is 1.44 bits per heavy atom. The molecule has 0 aliphatic rings. The number of nitrogens with two attached hydrogens (primary N) is 1. The number of carbonyl (C=O) groups excluding carboxylic acids is 1. The van der Waals surface area contributed by atoms with Gasteiger partial charge in [-0.2, -0.15) is 0 Å². The first-order chi connectivity index (χ1) is 8.58. The third kappa shape index (κ3) is 2.84. The molecule has 1 aromatic heterocycles. The summed E-state index contributed by atoms with van der Waals surface area (Å²) < 4.78 is 0. The quantitative estimate of drug-likeness (QED) is 0.906. The van der Waals surface area contributed by atoms with Crippen LogP contribution >= 0.6 is 22.9 Å². The lowest BCUT2D eigenvalue weighted by Crippen LogP contribution is -2.12. The molecule has 94 valence electrons. The maximum absolute atomic E-state index is 11.9. The van der Waals surface area contributed by atoms with Crippen LogP contribution in [-0.4, -0.2) is 16.1 Å². The van der Waals surface area contributed by atoms with E-state index in [9.17, 15) is 4.79 Å². The molecule has 2 aromatic rings. The summed E-state index contributed by atoms with van der Waals surface area (Å²) in [5.41, 5.74) is 6.07. The van der Waals surface area contributed by atoms with Gasteiger partial charge in [-0.15, -0.1) is 10.2 Å². The molecular weight excluding hydrogens is 272 g/mol. The van der Waals surface area contributed by atoms with Crippen molar-refractivity contribution in [1.82, 2.24) is 10.2 Å². The van der Waals surface area contributed by atoms with Crippen LogP contribution in [0.2, 0.25) is 5.02 Å². The largest absolute Gasteiger partial charge is 0.322 e. The van der Waals surface area contributed by atoms with Crippen LogP contribution in [0.5, 0.6) is 0 Å². The Labute approximate surface area is 113 Å². The van der Waals surface area contributed by atoms with E-state index in [0.717, 1.165) is 0 Å². The minimum Gasteiger partial charge on any atom is -0.322 e. The summed E-state index contributed by atoms with van der Waals surface area (Å²) >= 11 is 7.18. The molecule has 1 atom stereocenters. The fourth-order valence-corrected chi connectivity index (χ4v) is 2.19. The van der Waals surface area contributed by atoms with Crippen molar-refractivity contribution in [2.75, 3.05) is 5.32 Å². The van der Waals surface area contributed by atoms with Crippen molar-refractivity contribution < 1.29 is 4.79 Å². The van der Waals surface area contributed by atoms with E-state index in [4.69, 9.17) is 17.3 Å². The van der Waals surface area contributed by atoms with Crippen LogP contribution in [0.25, 0.3) is 0 Å². The first kappa shape index (κ1) is 12.9. The average molecular weight is 283 g/mol. The van der Waals surface area contributed by atoms with Crippen LogP contribution in [-0.2, 0) is 0 Å². The summed E-state index contributed by atoms with van der Waals surface area (Å²) in [6.07, 6.45) is 0. The van der Waals surface area contributed by atoms with Gasteiger partial charge < -0.3 is 5.73 Å². The predicted octanol–water partition coefficient (Wildman–Crippen LogP) is 2.46. The molecule has 1 heterocycles. The number of hydrogen-bond donors (Lipinski definition) is 2. The van der Waals surface area contributed by atoms with E-state index in [1.165, 1.54) is 11.3 Å². The summed E-state index contributed by atoms with van der Waals surface area (Å²) in [6.45, 7) is 1.81. The predicted molar refractivity (Wildman–Crippen MR) is 71.9 cm³/mol. The highest BCUT2D eigenvalue weighted by atomic mass is 35.5. The van der Waals surface area contributed by atoms with Gasteiger partial charge in [0.2, 0.25) is 5.13 Å². The summed E-state index contributed by atoms with van der Waals surface area (Å²) in [7, 11) is 0. The van der Waals surface area contributed by atoms with Crippen molar-refractivity contribution in [3.8, 4) is 0 Å². The van der Waals surface area contributed by atoms with Gasteiger partial charge in [0.25, 0.3) is 5.91 Å². The summed E-state index contributed by atoms with van der Waals surface area (Å²) in [6, 6.07) is 6.61. The third-order valence-electron chi connectivity index (χ3n) is 2.17. The molecule has 2 rings (SSSR count). The van der Waals surface area contributed by atoms with Crippen molar-refractivity contribution in [2.45, 2.75) is 13.0 Å². The van der Waals surface area contributed by atoms with Crippen LogP contribution in [0.4, 0.5) is 5.13 Å². The molecule has 5 nitrogen and oxygen atoms in total. The molecule has 3 N–H and O–H groups in total. The summed E-state index contributed by atoms with van der Waals surface area (Å²) in [5, 5.41) is 11.8. The van der Waals surface area contributed by atoms with E-state index in [1.807, 2.05) is 0 Å². The molecule has 0 aliphatic carbocycles. The molecule has 0 fully saturated rings. The topological polar surface area (TPSA) is 80.9 Å². The fourth-order valence-electron chi connectivity index (χ4n) is 1.28. The van der Waals surface area contributed by atoms with Crippen molar-refractivity contribution >= 4 is 34.0 Å². The number of aromatic nitrogens is 2. The zero-order valence-electron chi connectivity index (χ0n) is 9.55. The molecule has 7 heteroatoms. The number of amides is 1. The smallest absolute Gasteiger partial charge is 0.259 e. The van der Waals surface area contributed by atoms with Crippen LogP contribution in [0, 0.1) is 0 Å². The van der Waals surface area contributed by atoms with Crippen LogP contribution < -0.4 is 11.1 Å². The minimum atomic E-state index is -0.312. The van der Waals surface area contributed by atoms with E-state index in [1.54, 1.807) is 31.2 Å². The van der Waals surface area contributed by atoms with Crippen LogP contribution in [0.15, 0.2) is 24.3 Å². The van der Waals surface area contributed by atoms with Crippen LogP contribution in [0.1, 0.15) is 28.3 Å². The minimum absolute atomic E-state index is 0.200. The van der Waals surface area contributed by atoms with Gasteiger partial charge in [-0.05, 0) is 19.1 Å². The molecule has 0 spiro atoms. The number of benzene rings is 1. The Morgan fingerprint density at radius 2 is 2.17 bits per heavy atom. The molecule has 0 bridgehead atoms. The van der Waals surface area contributed by atoms with Gasteiger partial charge in [0.15, 0.2) is 0 Å². The molecule has 1 amide bonds. The number of halogens is 1. The van der Waals surface area contributed by atoms with Gasteiger partial charge in [0.1, 0.15) is 5.01 Å². The van der Waals surface area contributed by atoms with Gasteiger partial charge in [-0.25, -0.2) is 0 Å². The molecule has 0 aliphatic heterocycles. The van der Waals surface area contributed by atoms with E-state index >= 15 is 0 Å². The number of rotatable bonds is 3. The number of nitrogens with one attached hydrogen (secondary N) is 1. The van der Waals surface area contributed by atoms with Crippen molar-refractivity contribution in [3.05, 3.63) is 39.9 Å². The van der Waals surface area contributed by atoms with Crippen molar-refractivity contribution in [2.24, 2.45) is 5.73 Å². The number of hydrogen-bond acceptors (Lipinski definition) is 5. The Balaban J connectivity index is 2.14. The van der Waals surface area contributed by atoms with Gasteiger partial charge in [-0.1, -0.05) is 35.1 Å². The zero-order valence-corrected chi connectivity index (χ0v) is 11.1. The van der Waals surface area contributed by atoms with E-state index in [0.29, 0.717) is 20.7 Å². The van der Waals surface area contributed by atoms with Crippen molar-refractivity contribution in [1.29, 1.82) is 0 Å². The highest BCUT2D eigenvalue weighted by Crippen LogP contribution is 2.22.